The maximum absolute atomic E-state index is 12.1. The number of rotatable bonds is 10. The van der Waals surface area contributed by atoms with Gasteiger partial charge in [0.05, 0.1) is 0 Å². The first-order valence-corrected chi connectivity index (χ1v) is 19.9. The van der Waals surface area contributed by atoms with Gasteiger partial charge in [0.1, 0.15) is 40.0 Å². The molecular weight excluding hydrogens is 620 g/mol. The average molecular weight is 687 g/mol. The van der Waals surface area contributed by atoms with Crippen molar-refractivity contribution in [1.82, 2.24) is 0 Å². The number of phenols is 2. The zero-order valence-electron chi connectivity index (χ0n) is 32.7. The lowest BCUT2D eigenvalue weighted by Gasteiger charge is -2.47. The quantitative estimate of drug-likeness (QED) is 0.192. The van der Waals surface area contributed by atoms with E-state index in [1.165, 1.54) is 56.1 Å². The highest BCUT2D eigenvalue weighted by molar-refractivity contribution is 5.81. The Hall–Kier alpha value is -2.95. The van der Waals surface area contributed by atoms with Crippen LogP contribution in [0.25, 0.3) is 0 Å². The largest absolute Gasteiger partial charge is 0.508 e. The number of carbonyl (C=O) groups is 1. The maximum Gasteiger partial charge on any atom is 0.133 e. The summed E-state index contributed by atoms with van der Waals surface area (Å²) in [5.41, 5.74) is 5.13. The molecule has 276 valence electrons. The molecule has 2 aromatic carbocycles. The predicted octanol–water partition coefficient (Wildman–Crippen LogP) is 12.0. The van der Waals surface area contributed by atoms with Crippen LogP contribution in [0, 0.1) is 11.8 Å². The number of hydrogen-bond acceptors (Lipinski definition) is 5. The maximum atomic E-state index is 12.1. The van der Waals surface area contributed by atoms with Crippen molar-refractivity contribution >= 4 is 5.78 Å². The third kappa shape index (κ3) is 8.23. The minimum atomic E-state index is -0.311. The van der Waals surface area contributed by atoms with E-state index in [1.807, 2.05) is 12.1 Å². The van der Waals surface area contributed by atoms with E-state index in [0.717, 1.165) is 60.3 Å². The van der Waals surface area contributed by atoms with Crippen molar-refractivity contribution < 1.29 is 24.5 Å². The minimum absolute atomic E-state index is 0.00696. The third-order valence-corrected chi connectivity index (χ3v) is 12.5. The second-order valence-corrected chi connectivity index (χ2v) is 17.7. The Morgan fingerprint density at radius 1 is 0.780 bits per heavy atom. The standard InChI is InChI=1S/C24H36O3.C21H30O2/c1-6-7-8-9-12-23(2,3)16-13-20(26)22-18-15-17(25)10-11-19(18)24(4,5)27-21(22)14-16;1-5-6-7-8-15-12-18(22)20-16-11-14(2)9-10-17(16)21(3,4)23-19(20)13-15/h13-14,18-19,26H,6-12,15H2,1-5H3;11-13,16-17,22H,5-10H2,1-4H3/t18-,19-;16-,17-/m11/s1. The van der Waals surface area contributed by atoms with Gasteiger partial charge in [-0.3, -0.25) is 4.79 Å². The first-order chi connectivity index (χ1) is 23.6. The molecule has 4 aliphatic rings. The van der Waals surface area contributed by atoms with E-state index in [1.54, 1.807) is 0 Å². The van der Waals surface area contributed by atoms with Gasteiger partial charge in [-0.15, -0.1) is 0 Å². The summed E-state index contributed by atoms with van der Waals surface area (Å²) in [6, 6.07) is 8.19. The molecule has 4 atom stereocenters. The number of carbonyl (C=O) groups excluding carboxylic acids is 1. The monoisotopic (exact) mass is 686 g/mol. The molecule has 1 saturated carbocycles. The van der Waals surface area contributed by atoms with Crippen LogP contribution in [0.4, 0.5) is 0 Å². The Kier molecular flexibility index (Phi) is 11.7. The second-order valence-electron chi connectivity index (χ2n) is 17.7. The lowest BCUT2D eigenvalue weighted by atomic mass is 9.66. The molecule has 5 heteroatoms. The Morgan fingerprint density at radius 2 is 1.40 bits per heavy atom. The number of benzene rings is 2. The first-order valence-electron chi connectivity index (χ1n) is 19.9. The Labute approximate surface area is 303 Å². The lowest BCUT2D eigenvalue weighted by Crippen LogP contribution is -2.47. The van der Waals surface area contributed by atoms with Gasteiger partial charge in [-0.25, -0.2) is 0 Å². The zero-order valence-corrected chi connectivity index (χ0v) is 32.7. The Bertz CT molecular complexity index is 1540. The number of allylic oxidation sites excluding steroid dienone is 2. The fraction of sp³-hybridized carbons (Fsp3) is 0.667. The number of ketones is 1. The molecule has 2 aliphatic carbocycles. The summed E-state index contributed by atoms with van der Waals surface area (Å²) in [7, 11) is 0. The summed E-state index contributed by atoms with van der Waals surface area (Å²) >= 11 is 0. The summed E-state index contributed by atoms with van der Waals surface area (Å²) in [6.45, 7) is 19.8. The van der Waals surface area contributed by atoms with Gasteiger partial charge in [0.25, 0.3) is 0 Å². The lowest BCUT2D eigenvalue weighted by molar-refractivity contribution is -0.124. The Morgan fingerprint density at radius 3 is 2.10 bits per heavy atom. The van der Waals surface area contributed by atoms with E-state index in [4.69, 9.17) is 9.47 Å². The molecule has 0 aromatic heterocycles. The number of ether oxygens (including phenoxy) is 2. The van der Waals surface area contributed by atoms with Crippen LogP contribution in [0.5, 0.6) is 23.0 Å². The summed E-state index contributed by atoms with van der Waals surface area (Å²) in [4.78, 5) is 12.1. The normalized spacial score (nSPS) is 24.6. The van der Waals surface area contributed by atoms with E-state index in [2.05, 4.69) is 80.5 Å². The van der Waals surface area contributed by atoms with Crippen LogP contribution in [-0.2, 0) is 16.6 Å². The van der Waals surface area contributed by atoms with Gasteiger partial charge in [0, 0.05) is 47.6 Å². The van der Waals surface area contributed by atoms with Crippen molar-refractivity contribution in [2.45, 2.75) is 181 Å². The molecule has 0 saturated heterocycles. The summed E-state index contributed by atoms with van der Waals surface area (Å²) in [5, 5.41) is 21.6. The van der Waals surface area contributed by atoms with Crippen LogP contribution >= 0.6 is 0 Å². The van der Waals surface area contributed by atoms with Crippen LogP contribution in [0.2, 0.25) is 0 Å². The molecule has 0 unspecified atom stereocenters. The molecule has 6 rings (SSSR count). The van der Waals surface area contributed by atoms with Crippen molar-refractivity contribution in [1.29, 1.82) is 0 Å². The Balaban J connectivity index is 0.000000197. The fourth-order valence-electron chi connectivity index (χ4n) is 9.40. The van der Waals surface area contributed by atoms with Gasteiger partial charge in [-0.05, 0) is 114 Å². The number of hydrogen-bond donors (Lipinski definition) is 2. The van der Waals surface area contributed by atoms with Crippen LogP contribution in [-0.4, -0.2) is 27.2 Å². The number of unbranched alkanes of at least 4 members (excludes halogenated alkanes) is 5. The van der Waals surface area contributed by atoms with E-state index in [9.17, 15) is 15.0 Å². The first kappa shape index (κ1) is 38.3. The van der Waals surface area contributed by atoms with Crippen LogP contribution in [0.1, 0.15) is 180 Å². The topological polar surface area (TPSA) is 76.0 Å². The minimum Gasteiger partial charge on any atom is -0.508 e. The number of aryl methyl sites for hydroxylation is 1. The van der Waals surface area contributed by atoms with E-state index in [-0.39, 0.29) is 34.4 Å². The molecule has 2 aromatic rings. The van der Waals surface area contributed by atoms with Gasteiger partial charge in [0.2, 0.25) is 0 Å². The van der Waals surface area contributed by atoms with Crippen molar-refractivity contribution in [3.63, 3.8) is 0 Å². The summed E-state index contributed by atoms with van der Waals surface area (Å²) in [6.07, 6.45) is 17.3. The van der Waals surface area contributed by atoms with E-state index < -0.39 is 0 Å². The van der Waals surface area contributed by atoms with Crippen LogP contribution in [0.3, 0.4) is 0 Å². The van der Waals surface area contributed by atoms with Gasteiger partial charge in [-0.1, -0.05) is 77.9 Å². The van der Waals surface area contributed by atoms with Gasteiger partial charge >= 0.3 is 0 Å². The molecule has 50 heavy (non-hydrogen) atoms. The molecule has 5 nitrogen and oxygen atoms in total. The molecular formula is C45H66O5. The fourth-order valence-corrected chi connectivity index (χ4v) is 9.40. The van der Waals surface area contributed by atoms with Gasteiger partial charge < -0.3 is 19.7 Å². The molecule has 1 fully saturated rings. The smallest absolute Gasteiger partial charge is 0.133 e. The molecule has 0 bridgehead atoms. The second kappa shape index (κ2) is 15.3. The van der Waals surface area contributed by atoms with E-state index >= 15 is 0 Å². The summed E-state index contributed by atoms with van der Waals surface area (Å²) in [5.74, 6) is 3.80. The highest BCUT2D eigenvalue weighted by Crippen LogP contribution is 2.55. The van der Waals surface area contributed by atoms with Crippen molar-refractivity contribution in [2.24, 2.45) is 11.8 Å². The average Bonchev–Trinajstić information content (AvgIpc) is 3.02. The number of Topliss-reactive ketones (excluding diaryl/α,β-unsaturated/α-hetero) is 1. The zero-order chi connectivity index (χ0) is 36.4. The van der Waals surface area contributed by atoms with E-state index in [0.29, 0.717) is 36.0 Å². The predicted molar refractivity (Wildman–Crippen MR) is 205 cm³/mol. The van der Waals surface area contributed by atoms with Gasteiger partial charge in [0.15, 0.2) is 0 Å². The highest BCUT2D eigenvalue weighted by atomic mass is 16.5. The molecule has 2 aliphatic heterocycles. The molecule has 0 spiro atoms. The third-order valence-electron chi connectivity index (χ3n) is 12.5. The summed E-state index contributed by atoms with van der Waals surface area (Å²) < 4.78 is 12.8. The van der Waals surface area contributed by atoms with Gasteiger partial charge in [-0.2, -0.15) is 0 Å². The SMILES string of the molecule is CCCCCCC(C)(C)c1cc(O)c2c(c1)OC(C)(C)[C@@H]1CCC(=O)C[C@@H]21.CCCCCc1cc(O)c2c(c1)OC(C)(C)[C@@H]1CCC(C)=C[C@@H]21. The van der Waals surface area contributed by atoms with Crippen LogP contribution in [0.15, 0.2) is 35.9 Å². The van der Waals surface area contributed by atoms with Crippen molar-refractivity contribution in [2.75, 3.05) is 0 Å². The molecule has 2 heterocycles. The molecule has 2 N–H and O–H groups in total. The molecule has 0 radical (unpaired) electrons. The number of fused-ring (bicyclic) bond motifs is 6. The number of aromatic hydroxyl groups is 2. The molecule has 0 amide bonds. The van der Waals surface area contributed by atoms with Crippen molar-refractivity contribution in [3.8, 4) is 23.0 Å². The highest BCUT2D eigenvalue weighted by Gasteiger charge is 2.48. The van der Waals surface area contributed by atoms with Crippen molar-refractivity contribution in [3.05, 3.63) is 58.2 Å². The van der Waals surface area contributed by atoms with Crippen LogP contribution < -0.4 is 9.47 Å². The number of phenolic OH excluding ortho intramolecular Hbond substituents is 2.